The van der Waals surface area contributed by atoms with E-state index in [1.807, 2.05) is 54.6 Å². The molecule has 2 N–H and O–H groups in total. The summed E-state index contributed by atoms with van der Waals surface area (Å²) in [6.45, 7) is 0. The Morgan fingerprint density at radius 2 is 1.93 bits per heavy atom. The van der Waals surface area contributed by atoms with Crippen molar-refractivity contribution in [3.8, 4) is 11.3 Å². The van der Waals surface area contributed by atoms with Crippen LogP contribution < -0.4 is 5.32 Å². The summed E-state index contributed by atoms with van der Waals surface area (Å²) >= 11 is 5.99. The molecular weight excluding hydrogens is 360 g/mol. The minimum atomic E-state index is -0.0386. The molecule has 0 saturated carbocycles. The predicted molar refractivity (Wildman–Crippen MR) is 108 cm³/mol. The van der Waals surface area contributed by atoms with Crippen molar-refractivity contribution in [2.45, 2.75) is 12.8 Å². The van der Waals surface area contributed by atoms with Crippen LogP contribution >= 0.6 is 11.6 Å². The standard InChI is InChI=1S/C21H17ClN4O/c22-16-3-1-2-14(12-16)4-7-20(27)24-17-5-6-19-18(13-17)21(26-25-19)15-8-10-23-11-9-15/h1-3,5-6,8-13H,4,7H2,(H,24,27)(H,25,26). The summed E-state index contributed by atoms with van der Waals surface area (Å²) in [5.41, 5.74) is 4.51. The number of halogens is 1. The number of benzene rings is 2. The van der Waals surface area contributed by atoms with Crippen LogP contribution in [0.4, 0.5) is 5.69 Å². The molecule has 0 aliphatic rings. The minimum absolute atomic E-state index is 0.0386. The molecule has 0 aliphatic carbocycles. The van der Waals surface area contributed by atoms with Crippen LogP contribution in [0, 0.1) is 0 Å². The van der Waals surface area contributed by atoms with Gasteiger partial charge in [-0.05, 0) is 54.4 Å². The molecular formula is C21H17ClN4O. The van der Waals surface area contributed by atoms with E-state index in [1.165, 1.54) is 0 Å². The van der Waals surface area contributed by atoms with Crippen LogP contribution in [0.5, 0.6) is 0 Å². The number of aromatic nitrogens is 3. The largest absolute Gasteiger partial charge is 0.326 e. The van der Waals surface area contributed by atoms with Gasteiger partial charge in [-0.25, -0.2) is 0 Å². The van der Waals surface area contributed by atoms with Gasteiger partial charge in [0.1, 0.15) is 5.69 Å². The van der Waals surface area contributed by atoms with Crippen molar-refractivity contribution >= 4 is 34.1 Å². The van der Waals surface area contributed by atoms with Gasteiger partial charge in [0, 0.05) is 40.5 Å². The van der Waals surface area contributed by atoms with Crippen LogP contribution in [0.2, 0.25) is 5.02 Å². The normalized spacial score (nSPS) is 10.9. The summed E-state index contributed by atoms with van der Waals surface area (Å²) in [5.74, 6) is -0.0386. The lowest BCUT2D eigenvalue weighted by atomic mass is 10.1. The number of fused-ring (bicyclic) bond motifs is 1. The lowest BCUT2D eigenvalue weighted by Gasteiger charge is -2.06. The van der Waals surface area contributed by atoms with Crippen LogP contribution in [0.3, 0.4) is 0 Å². The number of H-pyrrole nitrogens is 1. The number of rotatable bonds is 5. The molecule has 0 spiro atoms. The van der Waals surface area contributed by atoms with Gasteiger partial charge >= 0.3 is 0 Å². The third-order valence-electron chi connectivity index (χ3n) is 4.33. The molecule has 0 unspecified atom stereocenters. The first kappa shape index (κ1) is 17.2. The van der Waals surface area contributed by atoms with E-state index < -0.39 is 0 Å². The number of amides is 1. The Bertz CT molecular complexity index is 1090. The minimum Gasteiger partial charge on any atom is -0.326 e. The Morgan fingerprint density at radius 3 is 2.74 bits per heavy atom. The third kappa shape index (κ3) is 3.99. The van der Waals surface area contributed by atoms with E-state index >= 15 is 0 Å². The summed E-state index contributed by atoms with van der Waals surface area (Å²) < 4.78 is 0. The number of nitrogens with one attached hydrogen (secondary N) is 2. The van der Waals surface area contributed by atoms with E-state index in [4.69, 9.17) is 11.6 Å². The number of aromatic amines is 1. The average Bonchev–Trinajstić information content (AvgIpc) is 3.10. The fourth-order valence-corrected chi connectivity index (χ4v) is 3.21. The number of hydrogen-bond donors (Lipinski definition) is 2. The summed E-state index contributed by atoms with van der Waals surface area (Å²) in [7, 11) is 0. The highest BCUT2D eigenvalue weighted by Gasteiger charge is 2.10. The van der Waals surface area contributed by atoms with Crippen LogP contribution in [0.1, 0.15) is 12.0 Å². The topological polar surface area (TPSA) is 70.7 Å². The number of hydrogen-bond acceptors (Lipinski definition) is 3. The second-order valence-corrected chi connectivity index (χ2v) is 6.68. The molecule has 27 heavy (non-hydrogen) atoms. The van der Waals surface area contributed by atoms with Crippen LogP contribution in [0.15, 0.2) is 67.0 Å². The Kier molecular flexibility index (Phi) is 4.85. The van der Waals surface area contributed by atoms with Crippen molar-refractivity contribution in [3.63, 3.8) is 0 Å². The molecule has 0 aliphatic heterocycles. The van der Waals surface area contributed by atoms with E-state index in [0.717, 1.165) is 33.4 Å². The van der Waals surface area contributed by atoms with Crippen LogP contribution in [-0.4, -0.2) is 21.1 Å². The number of carbonyl (C=O) groups excluding carboxylic acids is 1. The SMILES string of the molecule is O=C(CCc1cccc(Cl)c1)Nc1ccc2[nH]nc(-c3ccncc3)c2c1. The summed E-state index contributed by atoms with van der Waals surface area (Å²) in [6.07, 6.45) is 4.50. The van der Waals surface area contributed by atoms with E-state index in [9.17, 15) is 4.79 Å². The van der Waals surface area contributed by atoms with Gasteiger partial charge in [0.2, 0.25) is 5.91 Å². The molecule has 0 atom stereocenters. The Labute approximate surface area is 161 Å². The van der Waals surface area contributed by atoms with Crippen molar-refractivity contribution in [1.82, 2.24) is 15.2 Å². The lowest BCUT2D eigenvalue weighted by Crippen LogP contribution is -2.12. The van der Waals surface area contributed by atoms with Crippen molar-refractivity contribution < 1.29 is 4.79 Å². The second-order valence-electron chi connectivity index (χ2n) is 6.25. The quantitative estimate of drug-likeness (QED) is 0.523. The number of nitrogens with zero attached hydrogens (tertiary/aromatic N) is 2. The molecule has 5 nitrogen and oxygen atoms in total. The van der Waals surface area contributed by atoms with Gasteiger partial charge in [-0.1, -0.05) is 23.7 Å². The van der Waals surface area contributed by atoms with Gasteiger partial charge in [0.05, 0.1) is 5.52 Å². The van der Waals surface area contributed by atoms with Crippen molar-refractivity contribution in [1.29, 1.82) is 0 Å². The van der Waals surface area contributed by atoms with Gasteiger partial charge in [0.25, 0.3) is 0 Å². The maximum atomic E-state index is 12.3. The number of pyridine rings is 1. The van der Waals surface area contributed by atoms with Gasteiger partial charge in [-0.2, -0.15) is 5.10 Å². The van der Waals surface area contributed by atoms with Crippen molar-refractivity contribution in [2.75, 3.05) is 5.32 Å². The molecule has 4 aromatic rings. The summed E-state index contributed by atoms with van der Waals surface area (Å²) in [5, 5.41) is 12.0. The smallest absolute Gasteiger partial charge is 0.224 e. The van der Waals surface area contributed by atoms with E-state index in [-0.39, 0.29) is 5.91 Å². The van der Waals surface area contributed by atoms with Crippen molar-refractivity contribution in [3.05, 3.63) is 77.6 Å². The molecule has 134 valence electrons. The highest BCUT2D eigenvalue weighted by Crippen LogP contribution is 2.28. The highest BCUT2D eigenvalue weighted by atomic mass is 35.5. The maximum absolute atomic E-state index is 12.3. The monoisotopic (exact) mass is 376 g/mol. The van der Waals surface area contributed by atoms with Crippen molar-refractivity contribution in [2.24, 2.45) is 0 Å². The number of carbonyl (C=O) groups is 1. The van der Waals surface area contributed by atoms with E-state index in [1.54, 1.807) is 12.4 Å². The van der Waals surface area contributed by atoms with E-state index in [0.29, 0.717) is 17.9 Å². The van der Waals surface area contributed by atoms with Gasteiger partial charge in [-0.3, -0.25) is 14.9 Å². The molecule has 2 heterocycles. The molecule has 1 amide bonds. The number of anilines is 1. The van der Waals surface area contributed by atoms with Gasteiger partial charge in [0.15, 0.2) is 0 Å². The lowest BCUT2D eigenvalue weighted by molar-refractivity contribution is -0.116. The first-order chi connectivity index (χ1) is 13.2. The molecule has 4 rings (SSSR count). The number of aryl methyl sites for hydroxylation is 1. The molecule has 0 bridgehead atoms. The molecule has 0 radical (unpaired) electrons. The zero-order valence-corrected chi connectivity index (χ0v) is 15.2. The molecule has 0 saturated heterocycles. The van der Waals surface area contributed by atoms with Crippen LogP contribution in [-0.2, 0) is 11.2 Å². The fourth-order valence-electron chi connectivity index (χ4n) is 3.00. The van der Waals surface area contributed by atoms with E-state index in [2.05, 4.69) is 20.5 Å². The predicted octanol–water partition coefficient (Wildman–Crippen LogP) is 4.85. The molecule has 2 aromatic heterocycles. The van der Waals surface area contributed by atoms with Crippen LogP contribution in [0.25, 0.3) is 22.2 Å². The second kappa shape index (κ2) is 7.60. The highest BCUT2D eigenvalue weighted by molar-refractivity contribution is 6.30. The molecule has 0 fully saturated rings. The van der Waals surface area contributed by atoms with Gasteiger partial charge < -0.3 is 5.32 Å². The van der Waals surface area contributed by atoms with Gasteiger partial charge in [-0.15, -0.1) is 0 Å². The summed E-state index contributed by atoms with van der Waals surface area (Å²) in [4.78, 5) is 16.4. The zero-order valence-electron chi connectivity index (χ0n) is 14.4. The maximum Gasteiger partial charge on any atom is 0.224 e. The Balaban J connectivity index is 1.49. The first-order valence-electron chi connectivity index (χ1n) is 8.62. The Hall–Kier alpha value is -3.18. The molecule has 6 heteroatoms. The average molecular weight is 377 g/mol. The Morgan fingerprint density at radius 1 is 1.07 bits per heavy atom. The third-order valence-corrected chi connectivity index (χ3v) is 4.57. The first-order valence-corrected chi connectivity index (χ1v) is 9.00. The zero-order chi connectivity index (χ0) is 18.6. The summed E-state index contributed by atoms with van der Waals surface area (Å²) in [6, 6.07) is 17.1. The molecule has 2 aromatic carbocycles. The fraction of sp³-hybridized carbons (Fsp3) is 0.0952.